The van der Waals surface area contributed by atoms with Crippen LogP contribution in [0.4, 0.5) is 10.1 Å². The molecule has 2 rings (SSSR count). The molecular weight excluding hydrogens is 277 g/mol. The number of hydrogen-bond donors (Lipinski definition) is 1. The van der Waals surface area contributed by atoms with E-state index in [4.69, 9.17) is 0 Å². The molecule has 20 heavy (non-hydrogen) atoms. The van der Waals surface area contributed by atoms with Gasteiger partial charge in [0.1, 0.15) is 5.82 Å². The Labute approximate surface area is 118 Å². The van der Waals surface area contributed by atoms with Gasteiger partial charge < -0.3 is 0 Å². The molecule has 0 spiro atoms. The number of rotatable bonds is 5. The third-order valence-corrected chi connectivity index (χ3v) is 4.27. The number of hydrogen-bond acceptors (Lipinski definition) is 2. The highest BCUT2D eigenvalue weighted by molar-refractivity contribution is 7.92. The van der Waals surface area contributed by atoms with Crippen LogP contribution < -0.4 is 4.72 Å². The molecule has 0 unspecified atom stereocenters. The van der Waals surface area contributed by atoms with Crippen LogP contribution >= 0.6 is 0 Å². The monoisotopic (exact) mass is 293 g/mol. The zero-order valence-corrected chi connectivity index (χ0v) is 12.0. The van der Waals surface area contributed by atoms with Crippen molar-refractivity contribution in [2.24, 2.45) is 0 Å². The second-order valence-electron chi connectivity index (χ2n) is 4.51. The van der Waals surface area contributed by atoms with Crippen molar-refractivity contribution in [2.75, 3.05) is 4.72 Å². The maximum absolute atomic E-state index is 12.8. The molecule has 0 aliphatic rings. The summed E-state index contributed by atoms with van der Waals surface area (Å²) in [6.45, 7) is 2.09. The molecule has 0 saturated heterocycles. The van der Waals surface area contributed by atoms with Gasteiger partial charge in [0, 0.05) is 5.69 Å². The maximum atomic E-state index is 12.8. The zero-order valence-electron chi connectivity index (χ0n) is 11.1. The molecule has 5 heteroatoms. The van der Waals surface area contributed by atoms with Gasteiger partial charge in [0.05, 0.1) is 4.90 Å². The van der Waals surface area contributed by atoms with Crippen molar-refractivity contribution < 1.29 is 12.8 Å². The molecule has 3 nitrogen and oxygen atoms in total. The summed E-state index contributed by atoms with van der Waals surface area (Å²) >= 11 is 0. The second kappa shape index (κ2) is 6.05. The molecule has 2 aromatic rings. The topological polar surface area (TPSA) is 46.2 Å². The molecule has 0 heterocycles. The number of aryl methyl sites for hydroxylation is 1. The Morgan fingerprint density at radius 3 is 2.15 bits per heavy atom. The van der Waals surface area contributed by atoms with Gasteiger partial charge in [-0.15, -0.1) is 0 Å². The molecule has 0 aromatic heterocycles. The summed E-state index contributed by atoms with van der Waals surface area (Å²) in [4.78, 5) is 0.0385. The average molecular weight is 293 g/mol. The summed E-state index contributed by atoms with van der Waals surface area (Å²) in [6.07, 6.45) is 2.01. The van der Waals surface area contributed by atoms with E-state index in [1.165, 1.54) is 12.1 Å². The molecular formula is C15H16FNO2S. The number of nitrogens with one attached hydrogen (secondary N) is 1. The molecule has 0 atom stereocenters. The third kappa shape index (κ3) is 3.57. The van der Waals surface area contributed by atoms with Crippen LogP contribution in [-0.2, 0) is 16.4 Å². The van der Waals surface area contributed by atoms with E-state index < -0.39 is 15.8 Å². The summed E-state index contributed by atoms with van der Waals surface area (Å²) in [5.41, 5.74) is 1.66. The van der Waals surface area contributed by atoms with Crippen LogP contribution in [0.1, 0.15) is 18.9 Å². The van der Waals surface area contributed by atoms with Crippen molar-refractivity contribution in [3.8, 4) is 0 Å². The third-order valence-electron chi connectivity index (χ3n) is 2.87. The SMILES string of the molecule is CCCc1ccc(NS(=O)(=O)c2ccc(F)cc2)cc1. The van der Waals surface area contributed by atoms with E-state index in [0.717, 1.165) is 30.5 Å². The fraction of sp³-hybridized carbons (Fsp3) is 0.200. The maximum Gasteiger partial charge on any atom is 0.261 e. The van der Waals surface area contributed by atoms with Gasteiger partial charge in [-0.3, -0.25) is 4.72 Å². The molecule has 0 radical (unpaired) electrons. The Morgan fingerprint density at radius 2 is 1.60 bits per heavy atom. The Morgan fingerprint density at radius 1 is 1.00 bits per heavy atom. The van der Waals surface area contributed by atoms with Gasteiger partial charge in [-0.25, -0.2) is 12.8 Å². The van der Waals surface area contributed by atoms with E-state index in [2.05, 4.69) is 11.6 Å². The smallest absolute Gasteiger partial charge is 0.261 e. The molecule has 0 fully saturated rings. The number of halogens is 1. The Bertz CT molecular complexity index is 664. The lowest BCUT2D eigenvalue weighted by Crippen LogP contribution is -2.12. The minimum absolute atomic E-state index is 0.0385. The Kier molecular flexibility index (Phi) is 4.39. The fourth-order valence-electron chi connectivity index (χ4n) is 1.86. The van der Waals surface area contributed by atoms with Crippen molar-refractivity contribution in [1.29, 1.82) is 0 Å². The number of benzene rings is 2. The highest BCUT2D eigenvalue weighted by Gasteiger charge is 2.13. The quantitative estimate of drug-likeness (QED) is 0.916. The van der Waals surface area contributed by atoms with Crippen LogP contribution in [0.15, 0.2) is 53.4 Å². The minimum Gasteiger partial charge on any atom is -0.280 e. The predicted octanol–water partition coefficient (Wildman–Crippen LogP) is 3.58. The lowest BCUT2D eigenvalue weighted by Gasteiger charge is -2.08. The van der Waals surface area contributed by atoms with Gasteiger partial charge in [-0.2, -0.15) is 0 Å². The van der Waals surface area contributed by atoms with Crippen LogP contribution in [0.2, 0.25) is 0 Å². The first-order valence-corrected chi connectivity index (χ1v) is 7.87. The molecule has 0 aliphatic heterocycles. The molecule has 1 N–H and O–H groups in total. The summed E-state index contributed by atoms with van der Waals surface area (Å²) in [6, 6.07) is 12.0. The van der Waals surface area contributed by atoms with Gasteiger partial charge in [-0.1, -0.05) is 25.5 Å². The lowest BCUT2D eigenvalue weighted by molar-refractivity contribution is 0.599. The summed E-state index contributed by atoms with van der Waals surface area (Å²) < 4.78 is 39.5. The molecule has 106 valence electrons. The Balaban J connectivity index is 2.17. The number of anilines is 1. The van der Waals surface area contributed by atoms with Crippen molar-refractivity contribution in [3.63, 3.8) is 0 Å². The lowest BCUT2D eigenvalue weighted by atomic mass is 10.1. The van der Waals surface area contributed by atoms with Crippen LogP contribution in [-0.4, -0.2) is 8.42 Å². The van der Waals surface area contributed by atoms with Crippen LogP contribution in [0, 0.1) is 5.82 Å². The van der Waals surface area contributed by atoms with E-state index >= 15 is 0 Å². The van der Waals surface area contributed by atoms with Gasteiger partial charge >= 0.3 is 0 Å². The number of sulfonamides is 1. The largest absolute Gasteiger partial charge is 0.280 e. The van der Waals surface area contributed by atoms with Crippen molar-refractivity contribution in [3.05, 3.63) is 59.9 Å². The van der Waals surface area contributed by atoms with E-state index in [1.54, 1.807) is 12.1 Å². The molecule has 2 aromatic carbocycles. The predicted molar refractivity (Wildman–Crippen MR) is 77.6 cm³/mol. The van der Waals surface area contributed by atoms with Crippen LogP contribution in [0.25, 0.3) is 0 Å². The second-order valence-corrected chi connectivity index (χ2v) is 6.19. The van der Waals surface area contributed by atoms with Crippen molar-refractivity contribution in [1.82, 2.24) is 0 Å². The van der Waals surface area contributed by atoms with Gasteiger partial charge in [0.25, 0.3) is 10.0 Å². The highest BCUT2D eigenvalue weighted by Crippen LogP contribution is 2.17. The fourth-order valence-corrected chi connectivity index (χ4v) is 2.91. The molecule has 0 saturated carbocycles. The van der Waals surface area contributed by atoms with Gasteiger partial charge in [0.15, 0.2) is 0 Å². The van der Waals surface area contributed by atoms with E-state index in [9.17, 15) is 12.8 Å². The molecule has 0 amide bonds. The first-order valence-electron chi connectivity index (χ1n) is 6.38. The normalized spacial score (nSPS) is 11.3. The molecule has 0 bridgehead atoms. The summed E-state index contributed by atoms with van der Waals surface area (Å²) in [7, 11) is -3.67. The summed E-state index contributed by atoms with van der Waals surface area (Å²) in [5, 5.41) is 0. The van der Waals surface area contributed by atoms with Crippen molar-refractivity contribution >= 4 is 15.7 Å². The molecule has 0 aliphatic carbocycles. The van der Waals surface area contributed by atoms with Crippen LogP contribution in [0.5, 0.6) is 0 Å². The van der Waals surface area contributed by atoms with Gasteiger partial charge in [-0.05, 0) is 48.4 Å². The summed E-state index contributed by atoms with van der Waals surface area (Å²) in [5.74, 6) is -0.465. The first-order chi connectivity index (χ1) is 9.51. The van der Waals surface area contributed by atoms with Crippen LogP contribution in [0.3, 0.4) is 0 Å². The van der Waals surface area contributed by atoms with E-state index in [1.807, 2.05) is 12.1 Å². The van der Waals surface area contributed by atoms with Crippen molar-refractivity contribution in [2.45, 2.75) is 24.7 Å². The van der Waals surface area contributed by atoms with E-state index in [-0.39, 0.29) is 4.90 Å². The minimum atomic E-state index is -3.67. The Hall–Kier alpha value is -1.88. The highest BCUT2D eigenvalue weighted by atomic mass is 32.2. The van der Waals surface area contributed by atoms with E-state index in [0.29, 0.717) is 5.69 Å². The standard InChI is InChI=1S/C15H16FNO2S/c1-2-3-12-4-8-14(9-5-12)17-20(18,19)15-10-6-13(16)7-11-15/h4-11,17H,2-3H2,1H3. The van der Waals surface area contributed by atoms with Gasteiger partial charge in [0.2, 0.25) is 0 Å². The first kappa shape index (κ1) is 14.5. The average Bonchev–Trinajstić information content (AvgIpc) is 2.41. The zero-order chi connectivity index (χ0) is 14.6.